The van der Waals surface area contributed by atoms with Gasteiger partial charge in [-0.05, 0) is 18.2 Å². The molecule has 0 N–H and O–H groups in total. The summed E-state index contributed by atoms with van der Waals surface area (Å²) in [6.07, 6.45) is 1.78. The summed E-state index contributed by atoms with van der Waals surface area (Å²) in [6, 6.07) is 17.4. The summed E-state index contributed by atoms with van der Waals surface area (Å²) in [4.78, 5) is 7.96. The Bertz CT molecular complexity index is 994. The van der Waals surface area contributed by atoms with Gasteiger partial charge in [-0.3, -0.25) is 4.98 Å². The predicted octanol–water partition coefficient (Wildman–Crippen LogP) is 5.20. The molecule has 0 saturated carbocycles. The Kier molecular flexibility index (Phi) is 2.48. The summed E-state index contributed by atoms with van der Waals surface area (Å²) in [5.41, 5.74) is 3.89. The molecule has 3 heteroatoms. The number of nitrogens with zero attached hydrogens (tertiary/aromatic N) is 2. The van der Waals surface area contributed by atoms with Crippen LogP contribution in [-0.2, 0) is 0 Å². The average Bonchev–Trinajstić information content (AvgIpc) is 2.94. The monoisotopic (exact) mass is 270 g/mol. The number of furan rings is 1. The average molecular weight is 270 g/mol. The largest absolute Gasteiger partial charge is 0.467 e. The maximum absolute atomic E-state index is 7.27. The molecule has 98 valence electrons. The quantitative estimate of drug-likeness (QED) is 0.445. The minimum absolute atomic E-state index is 0.538. The molecule has 0 aliphatic rings. The molecule has 0 bridgehead atoms. The molecule has 0 atom stereocenters. The van der Waals surface area contributed by atoms with Crippen LogP contribution in [0.4, 0.5) is 5.69 Å². The minimum Gasteiger partial charge on any atom is -0.467 e. The van der Waals surface area contributed by atoms with Crippen LogP contribution in [0.15, 0.2) is 65.2 Å². The predicted molar refractivity (Wildman–Crippen MR) is 83.2 cm³/mol. The molecule has 2 aromatic heterocycles. The van der Waals surface area contributed by atoms with E-state index in [1.807, 2.05) is 48.5 Å². The molecule has 0 aliphatic heterocycles. The zero-order valence-corrected chi connectivity index (χ0v) is 11.1. The van der Waals surface area contributed by atoms with E-state index >= 15 is 0 Å². The molecule has 4 aromatic rings. The van der Waals surface area contributed by atoms with E-state index in [9.17, 15) is 0 Å². The molecular weight excluding hydrogens is 260 g/mol. The van der Waals surface area contributed by atoms with Crippen LogP contribution in [0.5, 0.6) is 0 Å². The first-order valence-electron chi connectivity index (χ1n) is 6.61. The van der Waals surface area contributed by atoms with Crippen molar-refractivity contribution in [1.29, 1.82) is 0 Å². The van der Waals surface area contributed by atoms with E-state index in [1.165, 1.54) is 0 Å². The molecule has 2 heterocycles. The number of para-hydroxylation sites is 1. The second kappa shape index (κ2) is 4.46. The highest BCUT2D eigenvalue weighted by Crippen LogP contribution is 2.39. The zero-order valence-electron chi connectivity index (χ0n) is 11.1. The number of hydrogen-bond donors (Lipinski definition) is 0. The third-order valence-corrected chi connectivity index (χ3v) is 3.56. The van der Waals surface area contributed by atoms with Gasteiger partial charge in [-0.15, -0.1) is 0 Å². The Morgan fingerprint density at radius 2 is 1.86 bits per heavy atom. The van der Waals surface area contributed by atoms with Crippen LogP contribution < -0.4 is 0 Å². The van der Waals surface area contributed by atoms with E-state index < -0.39 is 0 Å². The zero-order chi connectivity index (χ0) is 14.2. The highest BCUT2D eigenvalue weighted by molar-refractivity contribution is 6.14. The number of benzene rings is 2. The van der Waals surface area contributed by atoms with Gasteiger partial charge in [0.05, 0.1) is 12.3 Å². The molecule has 2 aromatic carbocycles. The van der Waals surface area contributed by atoms with Crippen molar-refractivity contribution >= 4 is 27.6 Å². The summed E-state index contributed by atoms with van der Waals surface area (Å²) >= 11 is 0. The first kappa shape index (κ1) is 11.7. The molecular formula is C18H10N2O. The van der Waals surface area contributed by atoms with Gasteiger partial charge in [0.15, 0.2) is 0 Å². The summed E-state index contributed by atoms with van der Waals surface area (Å²) in [6.45, 7) is 7.27. The normalized spacial score (nSPS) is 10.8. The smallest absolute Gasteiger partial charge is 0.229 e. The number of rotatable bonds is 1. The van der Waals surface area contributed by atoms with E-state index in [2.05, 4.69) is 9.83 Å². The van der Waals surface area contributed by atoms with Gasteiger partial charge < -0.3 is 4.42 Å². The fraction of sp³-hybridized carbons (Fsp3) is 0. The second-order valence-electron chi connectivity index (χ2n) is 4.76. The molecule has 0 saturated heterocycles. The third kappa shape index (κ3) is 1.70. The van der Waals surface area contributed by atoms with Crippen molar-refractivity contribution in [2.75, 3.05) is 0 Å². The lowest BCUT2D eigenvalue weighted by Gasteiger charge is -2.02. The van der Waals surface area contributed by atoms with Crippen molar-refractivity contribution in [3.05, 3.63) is 72.2 Å². The lowest BCUT2D eigenvalue weighted by Crippen LogP contribution is -1.82. The maximum Gasteiger partial charge on any atom is 0.229 e. The molecule has 3 nitrogen and oxygen atoms in total. The Morgan fingerprint density at radius 1 is 0.952 bits per heavy atom. The molecule has 0 aliphatic carbocycles. The van der Waals surface area contributed by atoms with Gasteiger partial charge in [0.25, 0.3) is 0 Å². The first-order chi connectivity index (χ1) is 10.4. The van der Waals surface area contributed by atoms with Crippen molar-refractivity contribution in [3.8, 4) is 11.3 Å². The van der Waals surface area contributed by atoms with Gasteiger partial charge in [0.2, 0.25) is 5.69 Å². The molecule has 4 rings (SSSR count). The Morgan fingerprint density at radius 3 is 2.67 bits per heavy atom. The standard InChI is InChI=1S/C18H10N2O/c1-19-15-9-4-7-13-17-12(14-8-2-3-11-20-14)6-5-10-16(17)21-18(13)15/h2-11H. The fourth-order valence-electron chi connectivity index (χ4n) is 2.66. The molecule has 0 unspecified atom stereocenters. The van der Waals surface area contributed by atoms with Crippen LogP contribution >= 0.6 is 0 Å². The second-order valence-corrected chi connectivity index (χ2v) is 4.76. The molecule has 0 spiro atoms. The number of fused-ring (bicyclic) bond motifs is 3. The van der Waals surface area contributed by atoms with Crippen LogP contribution in [0, 0.1) is 6.57 Å². The van der Waals surface area contributed by atoms with Gasteiger partial charge in [0, 0.05) is 22.5 Å². The molecule has 21 heavy (non-hydrogen) atoms. The van der Waals surface area contributed by atoms with Crippen LogP contribution in [0.25, 0.3) is 38.0 Å². The maximum atomic E-state index is 7.27. The highest BCUT2D eigenvalue weighted by Gasteiger charge is 2.14. The molecule has 0 amide bonds. The van der Waals surface area contributed by atoms with E-state index in [0.717, 1.165) is 27.6 Å². The van der Waals surface area contributed by atoms with E-state index in [4.69, 9.17) is 11.0 Å². The van der Waals surface area contributed by atoms with Crippen molar-refractivity contribution < 1.29 is 4.42 Å². The van der Waals surface area contributed by atoms with Gasteiger partial charge in [-0.2, -0.15) is 0 Å². The lowest BCUT2D eigenvalue weighted by atomic mass is 10.0. The third-order valence-electron chi connectivity index (χ3n) is 3.56. The van der Waals surface area contributed by atoms with Crippen molar-refractivity contribution in [3.63, 3.8) is 0 Å². The number of hydrogen-bond acceptors (Lipinski definition) is 2. The van der Waals surface area contributed by atoms with E-state index in [1.54, 1.807) is 12.3 Å². The van der Waals surface area contributed by atoms with Crippen LogP contribution in [0.2, 0.25) is 0 Å². The van der Waals surface area contributed by atoms with Crippen molar-refractivity contribution in [1.82, 2.24) is 4.98 Å². The van der Waals surface area contributed by atoms with Gasteiger partial charge in [0.1, 0.15) is 11.2 Å². The van der Waals surface area contributed by atoms with Gasteiger partial charge in [-0.1, -0.05) is 36.4 Å². The number of aromatic nitrogens is 1. The molecule has 0 fully saturated rings. The summed E-state index contributed by atoms with van der Waals surface area (Å²) in [5.74, 6) is 0. The first-order valence-corrected chi connectivity index (χ1v) is 6.61. The number of pyridine rings is 1. The topological polar surface area (TPSA) is 30.4 Å². The fourth-order valence-corrected chi connectivity index (χ4v) is 2.66. The van der Waals surface area contributed by atoms with E-state index in [0.29, 0.717) is 11.3 Å². The van der Waals surface area contributed by atoms with Gasteiger partial charge in [-0.25, -0.2) is 4.85 Å². The van der Waals surface area contributed by atoms with Crippen molar-refractivity contribution in [2.24, 2.45) is 0 Å². The van der Waals surface area contributed by atoms with E-state index in [-0.39, 0.29) is 0 Å². The minimum atomic E-state index is 0.538. The van der Waals surface area contributed by atoms with Gasteiger partial charge >= 0.3 is 0 Å². The Hall–Kier alpha value is -3.12. The lowest BCUT2D eigenvalue weighted by molar-refractivity contribution is 0.671. The molecule has 0 radical (unpaired) electrons. The Balaban J connectivity index is 2.17. The Labute approximate surface area is 121 Å². The highest BCUT2D eigenvalue weighted by atomic mass is 16.3. The van der Waals surface area contributed by atoms with Crippen LogP contribution in [0.3, 0.4) is 0 Å². The summed E-state index contributed by atoms with van der Waals surface area (Å²) < 4.78 is 5.90. The summed E-state index contributed by atoms with van der Waals surface area (Å²) in [5, 5.41) is 1.97. The SMILES string of the molecule is [C-]#[N+]c1cccc2c1oc1cccc(-c3ccccn3)c12. The van der Waals surface area contributed by atoms with Crippen LogP contribution in [-0.4, -0.2) is 4.98 Å². The van der Waals surface area contributed by atoms with Crippen LogP contribution in [0.1, 0.15) is 0 Å². The summed E-state index contributed by atoms with van der Waals surface area (Å²) in [7, 11) is 0. The van der Waals surface area contributed by atoms with Crippen molar-refractivity contribution in [2.45, 2.75) is 0 Å².